The Morgan fingerprint density at radius 1 is 1.11 bits per heavy atom. The number of fused-ring (bicyclic) bond motifs is 1. The number of methoxy groups -OCH3 is 1. The average molecular weight is 531 g/mol. The lowest BCUT2D eigenvalue weighted by Gasteiger charge is -2.40. The van der Waals surface area contributed by atoms with Crippen LogP contribution in [0.1, 0.15) is 48.5 Å². The number of halogens is 4. The molecule has 0 bridgehead atoms. The lowest BCUT2D eigenvalue weighted by Crippen LogP contribution is -2.42. The number of benzene rings is 2. The minimum absolute atomic E-state index is 0.0561. The van der Waals surface area contributed by atoms with Gasteiger partial charge in [-0.3, -0.25) is 9.88 Å². The fourth-order valence-corrected chi connectivity index (χ4v) is 4.99. The molecule has 2 heterocycles. The predicted molar refractivity (Wildman–Crippen MR) is 136 cm³/mol. The zero-order valence-corrected chi connectivity index (χ0v) is 21.1. The molecule has 1 aromatic heterocycles. The maximum Gasteiger partial charge on any atom is 0.194 e. The van der Waals surface area contributed by atoms with Gasteiger partial charge in [-0.1, -0.05) is 11.8 Å². The van der Waals surface area contributed by atoms with E-state index in [0.717, 1.165) is 12.1 Å². The molecule has 2 N–H and O–H groups in total. The number of pyridine rings is 1. The fraction of sp³-hybridized carbons (Fsp3) is 0.414. The van der Waals surface area contributed by atoms with Crippen molar-refractivity contribution in [3.63, 3.8) is 0 Å². The van der Waals surface area contributed by atoms with E-state index in [4.69, 9.17) is 4.74 Å². The third-order valence-electron chi connectivity index (χ3n) is 7.38. The minimum Gasteiger partial charge on any atom is -0.497 e. The SMILES string of the molecule is COc1ccc2ncc(CO)c(C(F)CCC3(CO)CCN(CC#Cc4cc(F)c(F)c(F)c4)CC3)c2c1. The first-order valence-corrected chi connectivity index (χ1v) is 12.5. The molecule has 1 fully saturated rings. The Kier molecular flexibility index (Phi) is 8.87. The first kappa shape index (κ1) is 27.8. The molecule has 4 rings (SSSR count). The number of alkyl halides is 1. The van der Waals surface area contributed by atoms with Crippen molar-refractivity contribution in [1.29, 1.82) is 0 Å². The van der Waals surface area contributed by atoms with Crippen molar-refractivity contribution >= 4 is 10.9 Å². The van der Waals surface area contributed by atoms with Crippen LogP contribution in [0, 0.1) is 34.7 Å². The van der Waals surface area contributed by atoms with Crippen LogP contribution in [0.5, 0.6) is 5.75 Å². The first-order chi connectivity index (χ1) is 18.3. The third-order valence-corrected chi connectivity index (χ3v) is 7.38. The van der Waals surface area contributed by atoms with Gasteiger partial charge in [0.2, 0.25) is 0 Å². The van der Waals surface area contributed by atoms with E-state index in [0.29, 0.717) is 66.7 Å². The number of hydrogen-bond donors (Lipinski definition) is 2. The van der Waals surface area contributed by atoms with Gasteiger partial charge in [0.05, 0.1) is 25.8 Å². The van der Waals surface area contributed by atoms with Crippen LogP contribution < -0.4 is 4.74 Å². The van der Waals surface area contributed by atoms with Crippen molar-refractivity contribution in [2.75, 3.05) is 33.4 Å². The van der Waals surface area contributed by atoms with E-state index in [9.17, 15) is 23.4 Å². The summed E-state index contributed by atoms with van der Waals surface area (Å²) in [7, 11) is 1.53. The number of aliphatic hydroxyl groups is 2. The van der Waals surface area contributed by atoms with Crippen molar-refractivity contribution in [1.82, 2.24) is 9.88 Å². The fourth-order valence-electron chi connectivity index (χ4n) is 4.99. The Morgan fingerprint density at radius 2 is 1.82 bits per heavy atom. The summed E-state index contributed by atoms with van der Waals surface area (Å²) < 4.78 is 60.9. The van der Waals surface area contributed by atoms with Gasteiger partial charge in [-0.05, 0) is 74.5 Å². The molecule has 0 aliphatic carbocycles. The van der Waals surface area contributed by atoms with Crippen molar-refractivity contribution in [2.24, 2.45) is 5.41 Å². The Hall–Kier alpha value is -3.19. The van der Waals surface area contributed by atoms with Crippen molar-refractivity contribution in [2.45, 2.75) is 38.5 Å². The number of likely N-dealkylation sites (tertiary alicyclic amines) is 1. The molecular weight excluding hydrogens is 500 g/mol. The molecule has 3 aromatic rings. The lowest BCUT2D eigenvalue weighted by molar-refractivity contribution is 0.0343. The van der Waals surface area contributed by atoms with Crippen LogP contribution in [-0.4, -0.2) is 53.4 Å². The maximum absolute atomic E-state index is 15.7. The highest BCUT2D eigenvalue weighted by Crippen LogP contribution is 2.41. The van der Waals surface area contributed by atoms with Crippen molar-refractivity contribution < 1.29 is 32.5 Å². The average Bonchev–Trinajstić information content (AvgIpc) is 2.94. The van der Waals surface area contributed by atoms with E-state index >= 15 is 4.39 Å². The van der Waals surface area contributed by atoms with Crippen LogP contribution in [0.2, 0.25) is 0 Å². The van der Waals surface area contributed by atoms with Crippen LogP contribution in [0.25, 0.3) is 10.9 Å². The molecule has 2 aromatic carbocycles. The summed E-state index contributed by atoms with van der Waals surface area (Å²) in [5, 5.41) is 20.6. The Balaban J connectivity index is 1.39. The second-order valence-corrected chi connectivity index (χ2v) is 9.73. The number of rotatable bonds is 8. The molecule has 0 saturated carbocycles. The van der Waals surface area contributed by atoms with E-state index in [2.05, 4.69) is 21.7 Å². The summed E-state index contributed by atoms with van der Waals surface area (Å²) in [4.78, 5) is 6.37. The normalized spacial score (nSPS) is 16.2. The predicted octanol–water partition coefficient (Wildman–Crippen LogP) is 5.07. The van der Waals surface area contributed by atoms with Gasteiger partial charge in [-0.25, -0.2) is 17.6 Å². The second-order valence-electron chi connectivity index (χ2n) is 9.73. The summed E-state index contributed by atoms with van der Waals surface area (Å²) in [6, 6.07) is 6.94. The smallest absolute Gasteiger partial charge is 0.194 e. The highest BCUT2D eigenvalue weighted by molar-refractivity contribution is 5.85. The number of ether oxygens (including phenoxy) is 1. The summed E-state index contributed by atoms with van der Waals surface area (Å²) in [5.41, 5.74) is 1.03. The van der Waals surface area contributed by atoms with E-state index in [1.54, 1.807) is 18.2 Å². The minimum atomic E-state index is -1.52. The van der Waals surface area contributed by atoms with E-state index < -0.39 is 29.0 Å². The topological polar surface area (TPSA) is 65.8 Å². The Bertz CT molecular complexity index is 1320. The summed E-state index contributed by atoms with van der Waals surface area (Å²) in [5.74, 6) is 2.00. The molecule has 0 amide bonds. The number of hydrogen-bond acceptors (Lipinski definition) is 5. The monoisotopic (exact) mass is 530 g/mol. The summed E-state index contributed by atoms with van der Waals surface area (Å²) in [6.07, 6.45) is 2.03. The number of aliphatic hydroxyl groups excluding tert-OH is 2. The van der Waals surface area contributed by atoms with Crippen LogP contribution >= 0.6 is 0 Å². The molecule has 1 unspecified atom stereocenters. The second kappa shape index (κ2) is 12.1. The zero-order valence-electron chi connectivity index (χ0n) is 21.1. The number of piperidine rings is 1. The van der Waals surface area contributed by atoms with E-state index in [-0.39, 0.29) is 25.2 Å². The van der Waals surface area contributed by atoms with Gasteiger partial charge in [-0.2, -0.15) is 0 Å². The highest BCUT2D eigenvalue weighted by atomic mass is 19.2. The summed E-state index contributed by atoms with van der Waals surface area (Å²) >= 11 is 0. The van der Waals surface area contributed by atoms with Crippen molar-refractivity contribution in [3.8, 4) is 17.6 Å². The zero-order chi connectivity index (χ0) is 27.3. The van der Waals surface area contributed by atoms with Crippen LogP contribution in [0.4, 0.5) is 17.6 Å². The van der Waals surface area contributed by atoms with E-state index in [1.165, 1.54) is 13.3 Å². The molecule has 1 aliphatic rings. The standard InChI is InChI=1S/C29H30F4N2O3/c1-38-21-4-5-26-22(15-21)27(20(17-36)16-34-26)23(30)6-7-29(18-37)8-11-35(12-9-29)10-2-3-19-13-24(31)28(33)25(32)14-19/h4-5,13-16,23,36-37H,6-12,17-18H2,1H3. The molecule has 38 heavy (non-hydrogen) atoms. The molecule has 9 heteroatoms. The van der Waals surface area contributed by atoms with Gasteiger partial charge in [0.15, 0.2) is 17.5 Å². The van der Waals surface area contributed by atoms with Gasteiger partial charge in [-0.15, -0.1) is 0 Å². The molecule has 1 saturated heterocycles. The van der Waals surface area contributed by atoms with Crippen LogP contribution in [-0.2, 0) is 6.61 Å². The van der Waals surface area contributed by atoms with Crippen molar-refractivity contribution in [3.05, 3.63) is 70.7 Å². The molecule has 5 nitrogen and oxygen atoms in total. The molecule has 0 radical (unpaired) electrons. The Morgan fingerprint density at radius 3 is 2.45 bits per heavy atom. The van der Waals surface area contributed by atoms with Gasteiger partial charge in [0.25, 0.3) is 0 Å². The molecular formula is C29H30F4N2O3. The van der Waals surface area contributed by atoms with Gasteiger partial charge < -0.3 is 14.9 Å². The lowest BCUT2D eigenvalue weighted by atomic mass is 9.74. The largest absolute Gasteiger partial charge is 0.497 e. The highest BCUT2D eigenvalue weighted by Gasteiger charge is 2.35. The van der Waals surface area contributed by atoms with Gasteiger partial charge in [0.1, 0.15) is 11.9 Å². The molecule has 1 aliphatic heterocycles. The first-order valence-electron chi connectivity index (χ1n) is 12.5. The van der Waals surface area contributed by atoms with Crippen LogP contribution in [0.3, 0.4) is 0 Å². The maximum atomic E-state index is 15.7. The number of nitrogens with zero attached hydrogens (tertiary/aromatic N) is 2. The quantitative estimate of drug-likeness (QED) is 0.242. The number of aromatic nitrogens is 1. The van der Waals surface area contributed by atoms with E-state index in [1.807, 2.05) is 0 Å². The Labute approximate surface area is 219 Å². The summed E-state index contributed by atoms with van der Waals surface area (Å²) in [6.45, 7) is 1.17. The third kappa shape index (κ3) is 6.09. The van der Waals surface area contributed by atoms with Gasteiger partial charge >= 0.3 is 0 Å². The van der Waals surface area contributed by atoms with Gasteiger partial charge in [0, 0.05) is 34.9 Å². The molecule has 1 atom stereocenters. The van der Waals surface area contributed by atoms with Crippen LogP contribution in [0.15, 0.2) is 36.5 Å². The molecule has 0 spiro atoms. The molecule has 202 valence electrons.